The van der Waals surface area contributed by atoms with Crippen LogP contribution < -0.4 is 9.47 Å². The molecule has 0 radical (unpaired) electrons. The zero-order valence-electron chi connectivity index (χ0n) is 13.7. The predicted octanol–water partition coefficient (Wildman–Crippen LogP) is 2.63. The van der Waals surface area contributed by atoms with Gasteiger partial charge in [0.05, 0.1) is 13.2 Å². The molecule has 0 spiro atoms. The first-order valence-corrected chi connectivity index (χ1v) is 7.03. The van der Waals surface area contributed by atoms with Gasteiger partial charge in [0.2, 0.25) is 0 Å². The van der Waals surface area contributed by atoms with Gasteiger partial charge in [0, 0.05) is 0 Å². The molecular weight excluding hydrogens is 304 g/mol. The molecular formula is C16H20O7. The minimum Gasteiger partial charge on any atom is -0.462 e. The SMILES string of the molecule is COC(=O)Oc1ccc(OC(=O)C(C)C(=O)OC(C)C)cc1C. The maximum Gasteiger partial charge on any atom is 0.513 e. The first-order valence-electron chi connectivity index (χ1n) is 7.03. The monoisotopic (exact) mass is 324 g/mol. The molecule has 0 aliphatic heterocycles. The summed E-state index contributed by atoms with van der Waals surface area (Å²) in [5.74, 6) is -1.90. The molecule has 0 aromatic heterocycles. The van der Waals surface area contributed by atoms with E-state index in [1.54, 1.807) is 20.8 Å². The van der Waals surface area contributed by atoms with Gasteiger partial charge in [-0.2, -0.15) is 0 Å². The molecule has 0 heterocycles. The fourth-order valence-electron chi connectivity index (χ4n) is 1.57. The number of rotatable bonds is 5. The fourth-order valence-corrected chi connectivity index (χ4v) is 1.57. The summed E-state index contributed by atoms with van der Waals surface area (Å²) in [7, 11) is 1.20. The Morgan fingerprint density at radius 3 is 2.17 bits per heavy atom. The molecule has 1 rings (SSSR count). The van der Waals surface area contributed by atoms with Gasteiger partial charge in [-0.05, 0) is 51.5 Å². The molecule has 23 heavy (non-hydrogen) atoms. The van der Waals surface area contributed by atoms with Crippen LogP contribution in [0.3, 0.4) is 0 Å². The van der Waals surface area contributed by atoms with Crippen LogP contribution in [0.4, 0.5) is 4.79 Å². The topological polar surface area (TPSA) is 88.1 Å². The molecule has 1 unspecified atom stereocenters. The van der Waals surface area contributed by atoms with E-state index < -0.39 is 24.0 Å². The number of hydrogen-bond acceptors (Lipinski definition) is 7. The van der Waals surface area contributed by atoms with Crippen LogP contribution in [0, 0.1) is 12.8 Å². The fraction of sp³-hybridized carbons (Fsp3) is 0.438. The van der Waals surface area contributed by atoms with Crippen LogP contribution in [0.25, 0.3) is 0 Å². The summed E-state index contributed by atoms with van der Waals surface area (Å²) in [6, 6.07) is 4.42. The number of hydrogen-bond donors (Lipinski definition) is 0. The highest BCUT2D eigenvalue weighted by molar-refractivity contribution is 5.95. The second-order valence-electron chi connectivity index (χ2n) is 5.11. The molecule has 0 aliphatic rings. The summed E-state index contributed by atoms with van der Waals surface area (Å²) >= 11 is 0. The number of aryl methyl sites for hydroxylation is 1. The molecule has 0 amide bonds. The van der Waals surface area contributed by atoms with Crippen molar-refractivity contribution in [2.24, 2.45) is 5.92 Å². The molecule has 1 atom stereocenters. The van der Waals surface area contributed by atoms with E-state index in [0.29, 0.717) is 5.56 Å². The van der Waals surface area contributed by atoms with Crippen LogP contribution in [0.15, 0.2) is 18.2 Å². The summed E-state index contributed by atoms with van der Waals surface area (Å²) in [6.45, 7) is 6.47. The van der Waals surface area contributed by atoms with Gasteiger partial charge in [-0.1, -0.05) is 0 Å². The van der Waals surface area contributed by atoms with Gasteiger partial charge in [-0.25, -0.2) is 4.79 Å². The number of ether oxygens (including phenoxy) is 4. The molecule has 7 heteroatoms. The maximum absolute atomic E-state index is 11.9. The van der Waals surface area contributed by atoms with Crippen molar-refractivity contribution in [3.63, 3.8) is 0 Å². The van der Waals surface area contributed by atoms with Crippen LogP contribution in [-0.2, 0) is 19.1 Å². The molecule has 1 aromatic rings. The lowest BCUT2D eigenvalue weighted by Crippen LogP contribution is -2.29. The van der Waals surface area contributed by atoms with Gasteiger partial charge in [-0.3, -0.25) is 9.59 Å². The van der Waals surface area contributed by atoms with Crippen molar-refractivity contribution in [1.82, 2.24) is 0 Å². The van der Waals surface area contributed by atoms with Gasteiger partial charge in [-0.15, -0.1) is 0 Å². The van der Waals surface area contributed by atoms with Gasteiger partial charge in [0.1, 0.15) is 11.5 Å². The van der Waals surface area contributed by atoms with Gasteiger partial charge >= 0.3 is 18.1 Å². The third kappa shape index (κ3) is 5.61. The molecule has 0 saturated heterocycles. The third-order valence-electron chi connectivity index (χ3n) is 2.78. The van der Waals surface area contributed by atoms with Crippen molar-refractivity contribution in [2.45, 2.75) is 33.8 Å². The van der Waals surface area contributed by atoms with Crippen molar-refractivity contribution < 1.29 is 33.3 Å². The zero-order chi connectivity index (χ0) is 17.6. The van der Waals surface area contributed by atoms with E-state index in [4.69, 9.17) is 14.2 Å². The molecule has 7 nitrogen and oxygen atoms in total. The maximum atomic E-state index is 11.9. The molecule has 126 valence electrons. The van der Waals surface area contributed by atoms with Gasteiger partial charge < -0.3 is 18.9 Å². The van der Waals surface area contributed by atoms with Crippen molar-refractivity contribution in [3.8, 4) is 11.5 Å². The first kappa shape index (κ1) is 18.5. The molecule has 0 fully saturated rings. The molecule has 0 saturated carbocycles. The lowest BCUT2D eigenvalue weighted by Gasteiger charge is -2.14. The first-order chi connectivity index (χ1) is 10.7. The molecule has 0 aliphatic carbocycles. The number of methoxy groups -OCH3 is 1. The van der Waals surface area contributed by atoms with Crippen LogP contribution >= 0.6 is 0 Å². The number of esters is 2. The van der Waals surface area contributed by atoms with Gasteiger partial charge in [0.15, 0.2) is 5.92 Å². The molecule has 0 N–H and O–H groups in total. The van der Waals surface area contributed by atoms with Crippen molar-refractivity contribution in [2.75, 3.05) is 7.11 Å². The minimum absolute atomic E-state index is 0.230. The van der Waals surface area contributed by atoms with E-state index in [0.717, 1.165) is 0 Å². The highest BCUT2D eigenvalue weighted by Crippen LogP contribution is 2.24. The Morgan fingerprint density at radius 2 is 1.65 bits per heavy atom. The van der Waals surface area contributed by atoms with E-state index >= 15 is 0 Å². The standard InChI is InChI=1S/C16H20O7/c1-9(2)21-14(17)11(4)15(18)22-12-6-7-13(10(3)8-12)23-16(19)20-5/h6-9,11H,1-5H3. The number of carbonyl (C=O) groups is 3. The number of carbonyl (C=O) groups excluding carboxylic acids is 3. The van der Waals surface area contributed by atoms with E-state index in [1.165, 1.54) is 32.2 Å². The van der Waals surface area contributed by atoms with E-state index in [9.17, 15) is 14.4 Å². The Labute approximate surface area is 134 Å². The van der Waals surface area contributed by atoms with E-state index in [1.807, 2.05) is 0 Å². The lowest BCUT2D eigenvalue weighted by atomic mass is 10.2. The largest absolute Gasteiger partial charge is 0.513 e. The quantitative estimate of drug-likeness (QED) is 0.356. The average Bonchev–Trinajstić information content (AvgIpc) is 2.48. The van der Waals surface area contributed by atoms with Crippen LogP contribution in [-0.4, -0.2) is 31.3 Å². The highest BCUT2D eigenvalue weighted by atomic mass is 16.7. The zero-order valence-corrected chi connectivity index (χ0v) is 13.7. The summed E-state index contributed by atoms with van der Waals surface area (Å²) in [5, 5.41) is 0. The van der Waals surface area contributed by atoms with Gasteiger partial charge in [0.25, 0.3) is 0 Å². The van der Waals surface area contributed by atoms with Crippen molar-refractivity contribution in [1.29, 1.82) is 0 Å². The summed E-state index contributed by atoms with van der Waals surface area (Å²) in [6.07, 6.45) is -1.15. The predicted molar refractivity (Wildman–Crippen MR) is 80.2 cm³/mol. The summed E-state index contributed by atoms with van der Waals surface area (Å²) in [4.78, 5) is 34.7. The van der Waals surface area contributed by atoms with Crippen LogP contribution in [0.5, 0.6) is 11.5 Å². The Balaban J connectivity index is 2.74. The smallest absolute Gasteiger partial charge is 0.462 e. The van der Waals surface area contributed by atoms with Crippen molar-refractivity contribution >= 4 is 18.1 Å². The Morgan fingerprint density at radius 1 is 1.00 bits per heavy atom. The van der Waals surface area contributed by atoms with Crippen LogP contribution in [0.1, 0.15) is 26.3 Å². The van der Waals surface area contributed by atoms with Crippen molar-refractivity contribution in [3.05, 3.63) is 23.8 Å². The summed E-state index contributed by atoms with van der Waals surface area (Å²) < 4.78 is 19.4. The second-order valence-corrected chi connectivity index (χ2v) is 5.11. The Bertz CT molecular complexity index is 592. The molecule has 1 aromatic carbocycles. The van der Waals surface area contributed by atoms with E-state index in [-0.39, 0.29) is 17.6 Å². The Hall–Kier alpha value is -2.57. The Kier molecular flexibility index (Phi) is 6.56. The normalized spacial score (nSPS) is 11.6. The minimum atomic E-state index is -1.04. The van der Waals surface area contributed by atoms with E-state index in [2.05, 4.69) is 4.74 Å². The molecule has 0 bridgehead atoms. The summed E-state index contributed by atoms with van der Waals surface area (Å²) in [5.41, 5.74) is 0.568. The number of benzene rings is 1. The average molecular weight is 324 g/mol. The third-order valence-corrected chi connectivity index (χ3v) is 2.78. The van der Waals surface area contributed by atoms with Crippen LogP contribution in [0.2, 0.25) is 0 Å². The second kappa shape index (κ2) is 8.17. The lowest BCUT2D eigenvalue weighted by molar-refractivity contribution is -0.159. The highest BCUT2D eigenvalue weighted by Gasteiger charge is 2.26.